The van der Waals surface area contributed by atoms with Crippen LogP contribution in [0.1, 0.15) is 21.6 Å². The molecule has 0 amide bonds. The highest BCUT2D eigenvalue weighted by Gasteiger charge is 2.18. The molecule has 1 N–H and O–H groups in total. The van der Waals surface area contributed by atoms with Crippen LogP contribution in [0.3, 0.4) is 0 Å². The molecule has 0 bridgehead atoms. The zero-order valence-corrected chi connectivity index (χ0v) is 16.5. The lowest BCUT2D eigenvalue weighted by molar-refractivity contribution is 0.112. The van der Waals surface area contributed by atoms with Gasteiger partial charge in [0.25, 0.3) is 5.56 Å². The van der Waals surface area contributed by atoms with Crippen molar-refractivity contribution in [1.29, 1.82) is 0 Å². The van der Waals surface area contributed by atoms with Crippen molar-refractivity contribution in [2.75, 3.05) is 6.54 Å². The Morgan fingerprint density at radius 3 is 2.73 bits per heavy atom. The minimum atomic E-state index is -0.527. The number of halogens is 1. The van der Waals surface area contributed by atoms with Crippen molar-refractivity contribution < 1.29 is 9.18 Å². The molecule has 0 atom stereocenters. The predicted molar refractivity (Wildman–Crippen MR) is 115 cm³/mol. The van der Waals surface area contributed by atoms with Crippen molar-refractivity contribution in [3.8, 4) is 16.8 Å². The molecule has 5 nitrogen and oxygen atoms in total. The fourth-order valence-electron chi connectivity index (χ4n) is 4.33. The molecule has 1 aliphatic heterocycles. The summed E-state index contributed by atoms with van der Waals surface area (Å²) in [6, 6.07) is 13.4. The van der Waals surface area contributed by atoms with Gasteiger partial charge < -0.3 is 9.88 Å². The first-order valence-corrected chi connectivity index (χ1v) is 9.86. The van der Waals surface area contributed by atoms with Crippen LogP contribution in [-0.4, -0.2) is 22.0 Å². The molecule has 30 heavy (non-hydrogen) atoms. The number of fused-ring (bicyclic) bond motifs is 3. The first-order valence-electron chi connectivity index (χ1n) is 9.86. The summed E-state index contributed by atoms with van der Waals surface area (Å²) < 4.78 is 18.1. The van der Waals surface area contributed by atoms with Crippen LogP contribution in [0.4, 0.5) is 4.39 Å². The second-order valence-corrected chi connectivity index (χ2v) is 7.59. The van der Waals surface area contributed by atoms with Gasteiger partial charge in [0, 0.05) is 48.1 Å². The van der Waals surface area contributed by atoms with Crippen molar-refractivity contribution in [3.05, 3.63) is 87.7 Å². The smallest absolute Gasteiger partial charge is 0.255 e. The molecule has 0 saturated carbocycles. The van der Waals surface area contributed by atoms with E-state index < -0.39 is 5.82 Å². The van der Waals surface area contributed by atoms with Crippen LogP contribution < -0.4 is 10.9 Å². The molecule has 0 spiro atoms. The quantitative estimate of drug-likeness (QED) is 0.534. The lowest BCUT2D eigenvalue weighted by atomic mass is 10.0. The Morgan fingerprint density at radius 2 is 1.97 bits per heavy atom. The van der Waals surface area contributed by atoms with Crippen molar-refractivity contribution >= 4 is 17.2 Å². The average molecular weight is 401 g/mol. The van der Waals surface area contributed by atoms with Crippen LogP contribution in [0.15, 0.2) is 59.5 Å². The molecule has 0 aliphatic carbocycles. The fourth-order valence-corrected chi connectivity index (χ4v) is 4.33. The van der Waals surface area contributed by atoms with Crippen LogP contribution in [0, 0.1) is 5.82 Å². The van der Waals surface area contributed by atoms with Gasteiger partial charge >= 0.3 is 0 Å². The number of aromatic nitrogens is 2. The second kappa shape index (κ2) is 7.07. The highest BCUT2D eigenvalue weighted by atomic mass is 19.1. The van der Waals surface area contributed by atoms with E-state index in [1.54, 1.807) is 16.8 Å². The van der Waals surface area contributed by atoms with E-state index in [0.29, 0.717) is 17.4 Å². The third-order valence-corrected chi connectivity index (χ3v) is 5.90. The molecule has 0 unspecified atom stereocenters. The number of carbonyl (C=O) groups excluding carboxylic acids is 1. The number of rotatable bonds is 3. The van der Waals surface area contributed by atoms with Crippen LogP contribution in [0.2, 0.25) is 0 Å². The third-order valence-electron chi connectivity index (χ3n) is 5.90. The Bertz CT molecular complexity index is 1370. The van der Waals surface area contributed by atoms with E-state index in [2.05, 4.69) is 23.0 Å². The fraction of sp³-hybridized carbons (Fsp3) is 0.167. The van der Waals surface area contributed by atoms with Crippen molar-refractivity contribution in [3.63, 3.8) is 0 Å². The third kappa shape index (κ3) is 2.88. The number of hydrogen-bond acceptors (Lipinski definition) is 3. The van der Waals surface area contributed by atoms with Crippen LogP contribution in [-0.2, 0) is 20.0 Å². The number of benzene rings is 2. The lowest BCUT2D eigenvalue weighted by Crippen LogP contribution is -2.24. The number of carbonyl (C=O) groups is 1. The van der Waals surface area contributed by atoms with Crippen LogP contribution >= 0.6 is 0 Å². The molecular weight excluding hydrogens is 381 g/mol. The van der Waals surface area contributed by atoms with Gasteiger partial charge in [-0.25, -0.2) is 4.39 Å². The maximum Gasteiger partial charge on any atom is 0.255 e. The first-order chi connectivity index (χ1) is 14.6. The Hall–Kier alpha value is -3.51. The number of nitrogens with zero attached hydrogens (tertiary/aromatic N) is 2. The first kappa shape index (κ1) is 18.5. The summed E-state index contributed by atoms with van der Waals surface area (Å²) in [5.41, 5.74) is 5.30. The van der Waals surface area contributed by atoms with Crippen molar-refractivity contribution in [2.45, 2.75) is 13.0 Å². The van der Waals surface area contributed by atoms with E-state index in [1.165, 1.54) is 40.9 Å². The van der Waals surface area contributed by atoms with Gasteiger partial charge in [-0.2, -0.15) is 0 Å². The highest BCUT2D eigenvalue weighted by Crippen LogP contribution is 2.29. The zero-order chi connectivity index (χ0) is 20.8. The summed E-state index contributed by atoms with van der Waals surface area (Å²) in [7, 11) is 2.05. The number of aryl methyl sites for hydroxylation is 1. The maximum atomic E-state index is 14.3. The summed E-state index contributed by atoms with van der Waals surface area (Å²) in [4.78, 5) is 23.6. The Balaban J connectivity index is 1.58. The molecule has 0 fully saturated rings. The SMILES string of the molecule is Cn1c2c(c3ccc(-n4ccc(-c5ccc(C=O)cc5F)cc4=O)cc31)CCNC2. The summed E-state index contributed by atoms with van der Waals surface area (Å²) in [5.74, 6) is -0.527. The largest absolute Gasteiger partial charge is 0.346 e. The molecule has 5 rings (SSSR count). The minimum absolute atomic E-state index is 0.244. The lowest BCUT2D eigenvalue weighted by Gasteiger charge is -2.14. The van der Waals surface area contributed by atoms with Crippen LogP contribution in [0.25, 0.3) is 27.7 Å². The van der Waals surface area contributed by atoms with E-state index in [0.717, 1.165) is 30.7 Å². The van der Waals surface area contributed by atoms with E-state index in [4.69, 9.17) is 0 Å². The van der Waals surface area contributed by atoms with Gasteiger partial charge in [-0.3, -0.25) is 14.2 Å². The molecule has 150 valence electrons. The van der Waals surface area contributed by atoms with Gasteiger partial charge in [-0.05, 0) is 48.4 Å². The van der Waals surface area contributed by atoms with E-state index >= 15 is 0 Å². The Kier molecular flexibility index (Phi) is 4.37. The summed E-state index contributed by atoms with van der Waals surface area (Å²) in [5, 5.41) is 4.63. The number of hydrogen-bond donors (Lipinski definition) is 1. The molecule has 1 aliphatic rings. The Labute approximate surface area is 172 Å². The van der Waals surface area contributed by atoms with Gasteiger partial charge in [0.1, 0.15) is 12.1 Å². The monoisotopic (exact) mass is 401 g/mol. The van der Waals surface area contributed by atoms with E-state index in [1.807, 2.05) is 12.1 Å². The molecule has 4 aromatic rings. The van der Waals surface area contributed by atoms with Gasteiger partial charge in [-0.1, -0.05) is 18.2 Å². The van der Waals surface area contributed by atoms with Gasteiger partial charge in [0.15, 0.2) is 0 Å². The van der Waals surface area contributed by atoms with E-state index in [-0.39, 0.29) is 11.1 Å². The number of nitrogens with one attached hydrogen (secondary N) is 1. The number of aldehydes is 1. The Morgan fingerprint density at radius 1 is 1.10 bits per heavy atom. The minimum Gasteiger partial charge on any atom is -0.346 e. The molecule has 2 aromatic heterocycles. The standard InChI is InChI=1S/C24H20FN3O2/c1-27-22-12-17(3-5-19(22)20-6-8-26-13-23(20)27)28-9-7-16(11-24(28)30)18-4-2-15(14-29)10-21(18)25/h2-5,7,9-12,14,26H,6,8,13H2,1H3. The van der Waals surface area contributed by atoms with Gasteiger partial charge in [0.05, 0.1) is 11.2 Å². The average Bonchev–Trinajstić information content (AvgIpc) is 3.05. The van der Waals surface area contributed by atoms with Crippen molar-refractivity contribution in [2.24, 2.45) is 7.05 Å². The van der Waals surface area contributed by atoms with Gasteiger partial charge in [-0.15, -0.1) is 0 Å². The second-order valence-electron chi connectivity index (χ2n) is 7.59. The summed E-state index contributed by atoms with van der Waals surface area (Å²) in [6.07, 6.45) is 3.25. The maximum absolute atomic E-state index is 14.3. The molecule has 2 aromatic carbocycles. The van der Waals surface area contributed by atoms with Crippen molar-refractivity contribution in [1.82, 2.24) is 14.5 Å². The van der Waals surface area contributed by atoms with Gasteiger partial charge in [0.2, 0.25) is 0 Å². The normalized spacial score (nSPS) is 13.4. The highest BCUT2D eigenvalue weighted by molar-refractivity contribution is 5.87. The molecule has 0 radical (unpaired) electrons. The predicted octanol–water partition coefficient (Wildman–Crippen LogP) is 3.59. The summed E-state index contributed by atoms with van der Waals surface area (Å²) in [6.45, 7) is 1.82. The topological polar surface area (TPSA) is 56.0 Å². The molecular formula is C24H20FN3O2. The number of pyridine rings is 1. The summed E-state index contributed by atoms with van der Waals surface area (Å²) >= 11 is 0. The molecule has 3 heterocycles. The van der Waals surface area contributed by atoms with Crippen LogP contribution in [0.5, 0.6) is 0 Å². The van der Waals surface area contributed by atoms with E-state index in [9.17, 15) is 14.0 Å². The zero-order valence-electron chi connectivity index (χ0n) is 16.5. The molecule has 0 saturated heterocycles. The molecule has 6 heteroatoms.